The second kappa shape index (κ2) is 7.76. The Balaban J connectivity index is 2.02. The van der Waals surface area contributed by atoms with Gasteiger partial charge in [0.05, 0.1) is 18.5 Å². The van der Waals surface area contributed by atoms with Gasteiger partial charge in [0.15, 0.2) is 0 Å². The second-order valence-corrected chi connectivity index (χ2v) is 6.66. The van der Waals surface area contributed by atoms with Crippen molar-refractivity contribution in [2.75, 3.05) is 6.61 Å². The van der Waals surface area contributed by atoms with Gasteiger partial charge in [-0.05, 0) is 79.8 Å². The molecule has 0 radical (unpaired) electrons. The van der Waals surface area contributed by atoms with Crippen LogP contribution in [-0.4, -0.2) is 27.2 Å². The summed E-state index contributed by atoms with van der Waals surface area (Å²) in [5, 5.41) is 11.1. The fraction of sp³-hybridized carbons (Fsp3) is 0.273. The standard InChI is InChI=1S/C22H24N2O3/c1-5-27-22(26)17-10-15(3)20(16(4)11-17)21(25)19-12-18(7-6-14(19)2)24-9-8-23-13-24/h6-13,21,25H,5H2,1-4H3. The summed E-state index contributed by atoms with van der Waals surface area (Å²) < 4.78 is 6.99. The zero-order chi connectivity index (χ0) is 19.6. The van der Waals surface area contributed by atoms with E-state index < -0.39 is 6.10 Å². The van der Waals surface area contributed by atoms with Crippen molar-refractivity contribution in [1.82, 2.24) is 9.55 Å². The highest BCUT2D eigenvalue weighted by molar-refractivity contribution is 5.90. The van der Waals surface area contributed by atoms with Gasteiger partial charge in [-0.1, -0.05) is 6.07 Å². The lowest BCUT2D eigenvalue weighted by Crippen LogP contribution is -2.11. The first-order valence-electron chi connectivity index (χ1n) is 8.97. The average Bonchev–Trinajstić information content (AvgIpc) is 3.16. The number of aliphatic hydroxyl groups excluding tert-OH is 1. The molecule has 1 unspecified atom stereocenters. The van der Waals surface area contributed by atoms with E-state index in [9.17, 15) is 9.90 Å². The lowest BCUT2D eigenvalue weighted by molar-refractivity contribution is 0.0526. The number of benzene rings is 2. The third kappa shape index (κ3) is 3.78. The smallest absolute Gasteiger partial charge is 0.338 e. The van der Waals surface area contributed by atoms with Crippen molar-refractivity contribution in [2.24, 2.45) is 0 Å². The number of rotatable bonds is 5. The van der Waals surface area contributed by atoms with Gasteiger partial charge in [0.25, 0.3) is 0 Å². The minimum Gasteiger partial charge on any atom is -0.462 e. The number of carbonyl (C=O) groups excluding carboxylic acids is 1. The van der Waals surface area contributed by atoms with Crippen molar-refractivity contribution in [3.63, 3.8) is 0 Å². The van der Waals surface area contributed by atoms with Crippen LogP contribution in [-0.2, 0) is 4.74 Å². The highest BCUT2D eigenvalue weighted by Gasteiger charge is 2.20. The Labute approximate surface area is 159 Å². The van der Waals surface area contributed by atoms with E-state index in [1.807, 2.05) is 49.7 Å². The number of hydrogen-bond acceptors (Lipinski definition) is 4. The lowest BCUT2D eigenvalue weighted by Gasteiger charge is -2.20. The van der Waals surface area contributed by atoms with Crippen LogP contribution >= 0.6 is 0 Å². The molecule has 0 spiro atoms. The zero-order valence-electron chi connectivity index (χ0n) is 16.1. The largest absolute Gasteiger partial charge is 0.462 e. The predicted molar refractivity (Wildman–Crippen MR) is 104 cm³/mol. The molecule has 0 bridgehead atoms. The first-order valence-corrected chi connectivity index (χ1v) is 8.97. The molecule has 0 aliphatic rings. The normalized spacial score (nSPS) is 12.0. The summed E-state index contributed by atoms with van der Waals surface area (Å²) in [4.78, 5) is 16.1. The minimum absolute atomic E-state index is 0.335. The van der Waals surface area contributed by atoms with Gasteiger partial charge in [0, 0.05) is 18.1 Å². The molecular formula is C22H24N2O3. The van der Waals surface area contributed by atoms with E-state index in [1.54, 1.807) is 31.6 Å². The van der Waals surface area contributed by atoms with Gasteiger partial charge in [-0.25, -0.2) is 9.78 Å². The fourth-order valence-electron chi connectivity index (χ4n) is 3.39. The number of aliphatic hydroxyl groups is 1. The van der Waals surface area contributed by atoms with Crippen molar-refractivity contribution < 1.29 is 14.6 Å². The molecule has 5 heteroatoms. The average molecular weight is 364 g/mol. The van der Waals surface area contributed by atoms with Crippen molar-refractivity contribution >= 4 is 5.97 Å². The molecule has 1 aromatic heterocycles. The third-order valence-corrected chi connectivity index (χ3v) is 4.74. The summed E-state index contributed by atoms with van der Waals surface area (Å²) in [7, 11) is 0. The third-order valence-electron chi connectivity index (χ3n) is 4.74. The van der Waals surface area contributed by atoms with Gasteiger partial charge in [-0.15, -0.1) is 0 Å². The molecule has 27 heavy (non-hydrogen) atoms. The molecule has 0 fully saturated rings. The van der Waals surface area contributed by atoms with Crippen LogP contribution in [0.3, 0.4) is 0 Å². The quantitative estimate of drug-likeness (QED) is 0.694. The van der Waals surface area contributed by atoms with Crippen molar-refractivity contribution in [3.05, 3.63) is 82.4 Å². The van der Waals surface area contributed by atoms with Crippen LogP contribution in [0.2, 0.25) is 0 Å². The summed E-state index contributed by atoms with van der Waals surface area (Å²) in [6, 6.07) is 9.51. The number of carbonyl (C=O) groups is 1. The molecule has 0 aliphatic heterocycles. The Kier molecular flexibility index (Phi) is 5.42. The van der Waals surface area contributed by atoms with Crippen LogP contribution in [0, 0.1) is 20.8 Å². The Morgan fingerprint density at radius 1 is 1.15 bits per heavy atom. The van der Waals surface area contributed by atoms with Crippen molar-refractivity contribution in [2.45, 2.75) is 33.8 Å². The van der Waals surface area contributed by atoms with E-state index in [1.165, 1.54) is 0 Å². The molecule has 1 atom stereocenters. The first kappa shape index (κ1) is 18.9. The SMILES string of the molecule is CCOC(=O)c1cc(C)c(C(O)c2cc(-n3ccnc3)ccc2C)c(C)c1. The number of imidazole rings is 1. The molecule has 0 amide bonds. The van der Waals surface area contributed by atoms with Crippen molar-refractivity contribution in [3.8, 4) is 5.69 Å². The van der Waals surface area contributed by atoms with E-state index in [2.05, 4.69) is 4.98 Å². The number of aryl methyl sites for hydroxylation is 3. The van der Waals surface area contributed by atoms with Crippen molar-refractivity contribution in [1.29, 1.82) is 0 Å². The molecule has 3 aromatic rings. The molecule has 5 nitrogen and oxygen atoms in total. The summed E-state index contributed by atoms with van der Waals surface area (Å²) in [5.74, 6) is -0.344. The zero-order valence-corrected chi connectivity index (χ0v) is 16.1. The van der Waals surface area contributed by atoms with E-state index in [0.717, 1.165) is 33.5 Å². The Morgan fingerprint density at radius 2 is 1.85 bits per heavy atom. The van der Waals surface area contributed by atoms with Crippen LogP contribution in [0.15, 0.2) is 49.1 Å². The van der Waals surface area contributed by atoms with Crippen LogP contribution in [0.1, 0.15) is 51.2 Å². The maximum Gasteiger partial charge on any atom is 0.338 e. The maximum atomic E-state index is 12.0. The number of aromatic nitrogens is 2. The van der Waals surface area contributed by atoms with Gasteiger partial charge < -0.3 is 14.4 Å². The van der Waals surface area contributed by atoms with Crippen LogP contribution in [0.5, 0.6) is 0 Å². The summed E-state index contributed by atoms with van der Waals surface area (Å²) >= 11 is 0. The van der Waals surface area contributed by atoms with Gasteiger partial charge in [0.1, 0.15) is 6.10 Å². The number of esters is 1. The first-order chi connectivity index (χ1) is 12.9. The van der Waals surface area contributed by atoms with E-state index in [4.69, 9.17) is 4.74 Å². The summed E-state index contributed by atoms with van der Waals surface area (Å²) in [5.41, 5.74) is 5.80. The monoisotopic (exact) mass is 364 g/mol. The Hall–Kier alpha value is -2.92. The van der Waals surface area contributed by atoms with E-state index in [0.29, 0.717) is 12.2 Å². The predicted octanol–water partition coefficient (Wildman–Crippen LogP) is 4.06. The van der Waals surface area contributed by atoms with E-state index >= 15 is 0 Å². The van der Waals surface area contributed by atoms with Gasteiger partial charge in [-0.3, -0.25) is 0 Å². The number of hydrogen-bond donors (Lipinski definition) is 1. The molecule has 140 valence electrons. The summed E-state index contributed by atoms with van der Waals surface area (Å²) in [6.07, 6.45) is 4.53. The molecule has 2 aromatic carbocycles. The highest BCUT2D eigenvalue weighted by atomic mass is 16.5. The molecule has 0 saturated carbocycles. The molecular weight excluding hydrogens is 340 g/mol. The molecule has 1 heterocycles. The second-order valence-electron chi connectivity index (χ2n) is 6.66. The van der Waals surface area contributed by atoms with E-state index in [-0.39, 0.29) is 5.97 Å². The minimum atomic E-state index is -0.787. The Bertz CT molecular complexity index is 939. The van der Waals surface area contributed by atoms with Gasteiger partial charge >= 0.3 is 5.97 Å². The molecule has 1 N–H and O–H groups in total. The Morgan fingerprint density at radius 3 is 2.44 bits per heavy atom. The van der Waals surface area contributed by atoms with Crippen LogP contribution < -0.4 is 0 Å². The lowest BCUT2D eigenvalue weighted by atomic mass is 9.89. The molecule has 3 rings (SSSR count). The highest BCUT2D eigenvalue weighted by Crippen LogP contribution is 2.32. The van der Waals surface area contributed by atoms with Gasteiger partial charge in [-0.2, -0.15) is 0 Å². The fourth-order valence-corrected chi connectivity index (χ4v) is 3.39. The van der Waals surface area contributed by atoms with Crippen LogP contribution in [0.25, 0.3) is 5.69 Å². The number of nitrogens with zero attached hydrogens (tertiary/aromatic N) is 2. The molecule has 0 aliphatic carbocycles. The van der Waals surface area contributed by atoms with Gasteiger partial charge in [0.2, 0.25) is 0 Å². The van der Waals surface area contributed by atoms with Crippen LogP contribution in [0.4, 0.5) is 0 Å². The summed E-state index contributed by atoms with van der Waals surface area (Å²) in [6.45, 7) is 7.91. The topological polar surface area (TPSA) is 64.3 Å². The molecule has 0 saturated heterocycles. The number of ether oxygens (including phenoxy) is 1. The maximum absolute atomic E-state index is 12.0.